The molecule has 1 aromatic carbocycles. The maximum absolute atomic E-state index is 12.4. The fraction of sp³-hybridized carbons (Fsp3) is 0.474. The fourth-order valence-electron chi connectivity index (χ4n) is 3.26. The quantitative estimate of drug-likeness (QED) is 0.827. The van der Waals surface area contributed by atoms with Crippen LogP contribution in [0.15, 0.2) is 34.7 Å². The molecule has 0 bridgehead atoms. The summed E-state index contributed by atoms with van der Waals surface area (Å²) >= 11 is 1.54. The zero-order chi connectivity index (χ0) is 16.9. The number of rotatable bonds is 5. The lowest BCUT2D eigenvalue weighted by Gasteiger charge is -2.28. The van der Waals surface area contributed by atoms with Gasteiger partial charge in [-0.25, -0.2) is 0 Å². The summed E-state index contributed by atoms with van der Waals surface area (Å²) in [5, 5.41) is 3.01. The number of hydrogen-bond acceptors (Lipinski definition) is 3. The molecule has 1 aromatic rings. The highest BCUT2D eigenvalue weighted by molar-refractivity contribution is 8.00. The Morgan fingerprint density at radius 3 is 2.96 bits per heavy atom. The molecule has 0 aromatic heterocycles. The van der Waals surface area contributed by atoms with Gasteiger partial charge in [-0.2, -0.15) is 0 Å². The number of anilines is 1. The van der Waals surface area contributed by atoms with Crippen LogP contribution in [0.4, 0.5) is 5.69 Å². The first-order valence-electron chi connectivity index (χ1n) is 8.72. The molecule has 0 saturated heterocycles. The Hall–Kier alpha value is -1.75. The molecule has 4 nitrogen and oxygen atoms in total. The lowest BCUT2D eigenvalue weighted by molar-refractivity contribution is -0.116. The van der Waals surface area contributed by atoms with E-state index in [0.717, 1.165) is 17.0 Å². The summed E-state index contributed by atoms with van der Waals surface area (Å²) in [5.41, 5.74) is 2.95. The summed E-state index contributed by atoms with van der Waals surface area (Å²) in [6.07, 6.45) is 8.15. The average molecular weight is 344 g/mol. The van der Waals surface area contributed by atoms with Crippen LogP contribution in [0.2, 0.25) is 0 Å². The Bertz CT molecular complexity index is 669. The average Bonchev–Trinajstić information content (AvgIpc) is 2.62. The Morgan fingerprint density at radius 1 is 1.33 bits per heavy atom. The van der Waals surface area contributed by atoms with Crippen LogP contribution in [0.3, 0.4) is 0 Å². The summed E-state index contributed by atoms with van der Waals surface area (Å²) in [4.78, 5) is 27.3. The van der Waals surface area contributed by atoms with Crippen LogP contribution in [-0.4, -0.2) is 30.7 Å². The van der Waals surface area contributed by atoms with E-state index in [4.69, 9.17) is 0 Å². The minimum atomic E-state index is -0.0618. The number of benzene rings is 1. The molecule has 1 N–H and O–H groups in total. The first-order chi connectivity index (χ1) is 11.7. The highest BCUT2D eigenvalue weighted by Gasteiger charge is 2.24. The largest absolute Gasteiger partial charge is 0.352 e. The minimum absolute atomic E-state index is 0.0618. The van der Waals surface area contributed by atoms with E-state index in [9.17, 15) is 9.59 Å². The summed E-state index contributed by atoms with van der Waals surface area (Å²) in [6.45, 7) is 3.26. The molecular formula is C19H24N2O2S. The number of carbonyl (C=O) groups excluding carboxylic acids is 2. The summed E-state index contributed by atoms with van der Waals surface area (Å²) in [7, 11) is 0. The molecular weight excluding hydrogens is 320 g/mol. The summed E-state index contributed by atoms with van der Waals surface area (Å²) in [6, 6.07) is 5.65. The Labute approximate surface area is 147 Å². The molecule has 5 heteroatoms. The van der Waals surface area contributed by atoms with Gasteiger partial charge in [-0.05, 0) is 57.2 Å². The predicted molar refractivity (Wildman–Crippen MR) is 98.7 cm³/mol. The van der Waals surface area contributed by atoms with Crippen molar-refractivity contribution in [2.75, 3.05) is 23.7 Å². The third-order valence-electron chi connectivity index (χ3n) is 4.60. The van der Waals surface area contributed by atoms with Crippen molar-refractivity contribution >= 4 is 29.3 Å². The van der Waals surface area contributed by atoms with Crippen molar-refractivity contribution in [2.45, 2.75) is 43.9 Å². The van der Waals surface area contributed by atoms with Gasteiger partial charge in [-0.3, -0.25) is 9.59 Å². The van der Waals surface area contributed by atoms with Gasteiger partial charge < -0.3 is 10.2 Å². The van der Waals surface area contributed by atoms with E-state index in [-0.39, 0.29) is 11.8 Å². The minimum Gasteiger partial charge on any atom is -0.352 e. The molecule has 0 saturated carbocycles. The van der Waals surface area contributed by atoms with Crippen LogP contribution in [-0.2, 0) is 4.79 Å². The molecule has 24 heavy (non-hydrogen) atoms. The second kappa shape index (κ2) is 7.88. The van der Waals surface area contributed by atoms with Crippen LogP contribution >= 0.6 is 11.8 Å². The number of nitrogens with zero attached hydrogens (tertiary/aromatic N) is 1. The smallest absolute Gasteiger partial charge is 0.251 e. The number of carbonyl (C=O) groups is 2. The molecule has 0 atom stereocenters. The molecule has 0 spiro atoms. The molecule has 0 fully saturated rings. The summed E-state index contributed by atoms with van der Waals surface area (Å²) in [5.74, 6) is 0.520. The van der Waals surface area contributed by atoms with Gasteiger partial charge in [0.1, 0.15) is 0 Å². The highest BCUT2D eigenvalue weighted by atomic mass is 32.2. The van der Waals surface area contributed by atoms with E-state index < -0.39 is 0 Å². The highest BCUT2D eigenvalue weighted by Crippen LogP contribution is 2.35. The van der Waals surface area contributed by atoms with E-state index in [2.05, 4.69) is 11.4 Å². The van der Waals surface area contributed by atoms with Crippen LogP contribution in [0.5, 0.6) is 0 Å². The number of hydrogen-bond donors (Lipinski definition) is 1. The van der Waals surface area contributed by atoms with Crippen molar-refractivity contribution in [3.63, 3.8) is 0 Å². The van der Waals surface area contributed by atoms with Gasteiger partial charge in [0.15, 0.2) is 0 Å². The second-order valence-electron chi connectivity index (χ2n) is 6.22. The predicted octanol–water partition coefficient (Wildman–Crippen LogP) is 3.77. The van der Waals surface area contributed by atoms with Crippen molar-refractivity contribution in [1.82, 2.24) is 5.32 Å². The molecule has 0 unspecified atom stereocenters. The molecule has 2 aliphatic rings. The van der Waals surface area contributed by atoms with Crippen LogP contribution in [0.25, 0.3) is 0 Å². The Kier molecular flexibility index (Phi) is 5.61. The van der Waals surface area contributed by atoms with Gasteiger partial charge in [-0.1, -0.05) is 11.6 Å². The zero-order valence-electron chi connectivity index (χ0n) is 14.1. The maximum Gasteiger partial charge on any atom is 0.251 e. The lowest BCUT2D eigenvalue weighted by Crippen LogP contribution is -2.35. The van der Waals surface area contributed by atoms with E-state index in [0.29, 0.717) is 24.4 Å². The molecule has 2 amide bonds. The first kappa shape index (κ1) is 17.1. The van der Waals surface area contributed by atoms with Crippen LogP contribution < -0.4 is 10.2 Å². The SMILES string of the molecule is CCN1C(=O)CSc2ccc(C(=O)NCCC3=CCCCC3)cc21. The van der Waals surface area contributed by atoms with E-state index in [1.807, 2.05) is 25.1 Å². The van der Waals surface area contributed by atoms with E-state index in [1.54, 1.807) is 16.7 Å². The third-order valence-corrected chi connectivity index (χ3v) is 5.64. The number of nitrogens with one attached hydrogen (secondary N) is 1. The monoisotopic (exact) mass is 344 g/mol. The molecule has 1 heterocycles. The zero-order valence-corrected chi connectivity index (χ0v) is 15.0. The fourth-order valence-corrected chi connectivity index (χ4v) is 4.18. The molecule has 1 aliphatic carbocycles. The van der Waals surface area contributed by atoms with E-state index in [1.165, 1.54) is 31.3 Å². The molecule has 1 aliphatic heterocycles. The van der Waals surface area contributed by atoms with Crippen molar-refractivity contribution in [3.05, 3.63) is 35.4 Å². The number of thioether (sulfide) groups is 1. The standard InChI is InChI=1S/C19H24N2O2S/c1-2-21-16-12-15(8-9-17(16)24-13-18(21)22)19(23)20-11-10-14-6-4-3-5-7-14/h6,8-9,12H,2-5,7,10-11,13H2,1H3,(H,20,23). The molecule has 3 rings (SSSR count). The lowest BCUT2D eigenvalue weighted by atomic mass is 9.97. The molecule has 128 valence electrons. The van der Waals surface area contributed by atoms with Crippen molar-refractivity contribution < 1.29 is 9.59 Å². The van der Waals surface area contributed by atoms with Gasteiger partial charge >= 0.3 is 0 Å². The Morgan fingerprint density at radius 2 is 2.21 bits per heavy atom. The first-order valence-corrected chi connectivity index (χ1v) is 9.71. The van der Waals surface area contributed by atoms with Crippen molar-refractivity contribution in [2.24, 2.45) is 0 Å². The summed E-state index contributed by atoms with van der Waals surface area (Å²) < 4.78 is 0. The van der Waals surface area contributed by atoms with Gasteiger partial charge in [0, 0.05) is 23.5 Å². The van der Waals surface area contributed by atoms with Gasteiger partial charge in [0.2, 0.25) is 5.91 Å². The normalized spacial score (nSPS) is 17.3. The third kappa shape index (κ3) is 3.83. The van der Waals surface area contributed by atoms with Crippen LogP contribution in [0.1, 0.15) is 49.4 Å². The number of allylic oxidation sites excluding steroid dienone is 1. The van der Waals surface area contributed by atoms with Crippen molar-refractivity contribution in [1.29, 1.82) is 0 Å². The number of fused-ring (bicyclic) bond motifs is 1. The Balaban J connectivity index is 1.64. The number of amides is 2. The van der Waals surface area contributed by atoms with Gasteiger partial charge in [-0.15, -0.1) is 11.8 Å². The maximum atomic E-state index is 12.4. The molecule has 0 radical (unpaired) electrons. The van der Waals surface area contributed by atoms with E-state index >= 15 is 0 Å². The van der Waals surface area contributed by atoms with Gasteiger partial charge in [0.05, 0.1) is 11.4 Å². The van der Waals surface area contributed by atoms with Crippen molar-refractivity contribution in [3.8, 4) is 0 Å². The van der Waals surface area contributed by atoms with Gasteiger partial charge in [0.25, 0.3) is 5.91 Å². The second-order valence-corrected chi connectivity index (χ2v) is 7.24. The topological polar surface area (TPSA) is 49.4 Å². The van der Waals surface area contributed by atoms with Crippen LogP contribution in [0, 0.1) is 0 Å².